The second-order valence-electron chi connectivity index (χ2n) is 4.71. The van der Waals surface area contributed by atoms with Crippen LogP contribution in [0, 0.1) is 23.2 Å². The highest BCUT2D eigenvalue weighted by atomic mass is 14.7. The van der Waals surface area contributed by atoms with E-state index in [2.05, 4.69) is 20.8 Å². The van der Waals surface area contributed by atoms with Gasteiger partial charge in [-0.15, -0.1) is 0 Å². The zero-order valence-corrected chi connectivity index (χ0v) is 7.35. The molecule has 0 heteroatoms. The molecule has 0 aromatic rings. The Morgan fingerprint density at radius 2 is 2.10 bits per heavy atom. The number of rotatable bonds is 1. The van der Waals surface area contributed by atoms with Gasteiger partial charge in [0, 0.05) is 0 Å². The van der Waals surface area contributed by atoms with Gasteiger partial charge < -0.3 is 0 Å². The summed E-state index contributed by atoms with van der Waals surface area (Å²) in [6.07, 6.45) is 4.57. The topological polar surface area (TPSA) is 0 Å². The summed E-state index contributed by atoms with van der Waals surface area (Å²) in [7, 11) is 0. The molecule has 10 heavy (non-hydrogen) atoms. The quantitative estimate of drug-likeness (QED) is 0.522. The molecule has 0 unspecified atom stereocenters. The Morgan fingerprint density at radius 3 is 2.30 bits per heavy atom. The van der Waals surface area contributed by atoms with E-state index >= 15 is 0 Å². The van der Waals surface area contributed by atoms with E-state index in [1.807, 2.05) is 0 Å². The maximum atomic E-state index is 2.43. The zero-order valence-electron chi connectivity index (χ0n) is 7.35. The second kappa shape index (κ2) is 1.78. The van der Waals surface area contributed by atoms with Crippen molar-refractivity contribution in [2.45, 2.75) is 40.0 Å². The van der Waals surface area contributed by atoms with Crippen LogP contribution in [0.4, 0.5) is 0 Å². The molecule has 0 amide bonds. The van der Waals surface area contributed by atoms with Crippen molar-refractivity contribution in [3.63, 3.8) is 0 Å². The van der Waals surface area contributed by atoms with Crippen LogP contribution >= 0.6 is 0 Å². The summed E-state index contributed by atoms with van der Waals surface area (Å²) >= 11 is 0. The first-order valence-electron chi connectivity index (χ1n) is 4.67. The summed E-state index contributed by atoms with van der Waals surface area (Å²) < 4.78 is 0. The smallest absolute Gasteiger partial charge is 0.0240 e. The van der Waals surface area contributed by atoms with Crippen LogP contribution in [0.2, 0.25) is 0 Å². The predicted molar refractivity (Wildman–Crippen MR) is 43.8 cm³/mol. The summed E-state index contributed by atoms with van der Waals surface area (Å²) in [6, 6.07) is 0. The molecule has 0 N–H and O–H groups in total. The van der Waals surface area contributed by atoms with Crippen molar-refractivity contribution in [3.8, 4) is 0 Å². The maximum absolute atomic E-state index is 2.43. The predicted octanol–water partition coefficient (Wildman–Crippen LogP) is 3.08. The third-order valence-corrected chi connectivity index (χ3v) is 4.08. The van der Waals surface area contributed by atoms with Crippen LogP contribution in [0.25, 0.3) is 0 Å². The molecular formula is C10H18. The van der Waals surface area contributed by atoms with Crippen LogP contribution in [0.15, 0.2) is 0 Å². The van der Waals surface area contributed by atoms with Gasteiger partial charge in [-0.2, -0.15) is 0 Å². The summed E-state index contributed by atoms with van der Waals surface area (Å²) in [4.78, 5) is 0. The molecule has 0 heterocycles. The Bertz CT molecular complexity index is 148. The summed E-state index contributed by atoms with van der Waals surface area (Å²) in [6.45, 7) is 7.23. The van der Waals surface area contributed by atoms with Gasteiger partial charge in [-0.25, -0.2) is 0 Å². The van der Waals surface area contributed by atoms with Crippen molar-refractivity contribution in [2.75, 3.05) is 0 Å². The van der Waals surface area contributed by atoms with Crippen LogP contribution in [-0.2, 0) is 0 Å². The van der Waals surface area contributed by atoms with Gasteiger partial charge in [-0.3, -0.25) is 0 Å². The maximum Gasteiger partial charge on any atom is -0.0240 e. The minimum Gasteiger partial charge on any atom is -0.0622 e. The van der Waals surface area contributed by atoms with Crippen molar-refractivity contribution < 1.29 is 0 Å². The van der Waals surface area contributed by atoms with Crippen molar-refractivity contribution in [2.24, 2.45) is 23.2 Å². The molecule has 2 fully saturated rings. The van der Waals surface area contributed by atoms with Gasteiger partial charge in [0.1, 0.15) is 0 Å². The normalized spacial score (nSPS) is 51.6. The number of hydrogen-bond acceptors (Lipinski definition) is 0. The van der Waals surface area contributed by atoms with E-state index in [-0.39, 0.29) is 0 Å². The van der Waals surface area contributed by atoms with Crippen molar-refractivity contribution in [1.29, 1.82) is 0 Å². The lowest BCUT2D eigenvalue weighted by Crippen LogP contribution is -2.07. The van der Waals surface area contributed by atoms with Crippen LogP contribution in [0.5, 0.6) is 0 Å². The van der Waals surface area contributed by atoms with E-state index in [1.165, 1.54) is 12.8 Å². The highest BCUT2D eigenvalue weighted by Gasteiger charge is 2.61. The van der Waals surface area contributed by atoms with E-state index in [1.54, 1.807) is 6.42 Å². The fourth-order valence-corrected chi connectivity index (χ4v) is 3.06. The largest absolute Gasteiger partial charge is 0.0622 e. The first-order chi connectivity index (χ1) is 4.67. The first-order valence-corrected chi connectivity index (χ1v) is 4.67. The standard InChI is InChI=1S/C10H18/c1-7(2)10-5-4-8(3)9(10)6-10/h7-9H,4-6H2,1-3H3/t8-,9+,10+/m1/s1. The van der Waals surface area contributed by atoms with Crippen molar-refractivity contribution >= 4 is 0 Å². The molecule has 2 saturated carbocycles. The third-order valence-electron chi connectivity index (χ3n) is 4.08. The monoisotopic (exact) mass is 138 g/mol. The fourth-order valence-electron chi connectivity index (χ4n) is 3.06. The van der Waals surface area contributed by atoms with Crippen LogP contribution < -0.4 is 0 Å². The molecule has 0 bridgehead atoms. The average Bonchev–Trinajstić information content (AvgIpc) is 2.52. The Labute approximate surface area is 64.0 Å². The minimum absolute atomic E-state index is 0.833. The number of hydrogen-bond donors (Lipinski definition) is 0. The first kappa shape index (κ1) is 6.69. The van der Waals surface area contributed by atoms with Gasteiger partial charge in [0.15, 0.2) is 0 Å². The van der Waals surface area contributed by atoms with Gasteiger partial charge >= 0.3 is 0 Å². The van der Waals surface area contributed by atoms with Gasteiger partial charge in [0.2, 0.25) is 0 Å². The molecule has 3 atom stereocenters. The lowest BCUT2D eigenvalue weighted by molar-refractivity contribution is 0.342. The second-order valence-corrected chi connectivity index (χ2v) is 4.71. The van der Waals surface area contributed by atoms with Crippen LogP contribution in [-0.4, -0.2) is 0 Å². The lowest BCUT2D eigenvalue weighted by Gasteiger charge is -2.15. The third kappa shape index (κ3) is 0.627. The van der Waals surface area contributed by atoms with Gasteiger partial charge in [-0.1, -0.05) is 20.8 Å². The lowest BCUT2D eigenvalue weighted by atomic mass is 9.90. The Balaban J connectivity index is 2.11. The molecule has 0 aliphatic heterocycles. The molecule has 0 saturated heterocycles. The molecule has 0 radical (unpaired) electrons. The molecule has 58 valence electrons. The molecule has 0 spiro atoms. The van der Waals surface area contributed by atoms with Crippen LogP contribution in [0.3, 0.4) is 0 Å². The summed E-state index contributed by atoms with van der Waals surface area (Å²) in [5, 5.41) is 0. The van der Waals surface area contributed by atoms with E-state index in [0.717, 1.165) is 23.2 Å². The van der Waals surface area contributed by atoms with Crippen molar-refractivity contribution in [1.82, 2.24) is 0 Å². The number of fused-ring (bicyclic) bond motifs is 1. The summed E-state index contributed by atoms with van der Waals surface area (Å²) in [5.41, 5.74) is 0.833. The Kier molecular flexibility index (Phi) is 1.19. The molecule has 0 aromatic heterocycles. The van der Waals surface area contributed by atoms with E-state index in [0.29, 0.717) is 0 Å². The molecule has 2 aliphatic rings. The Hall–Kier alpha value is 0. The van der Waals surface area contributed by atoms with Gasteiger partial charge in [0.25, 0.3) is 0 Å². The van der Waals surface area contributed by atoms with Gasteiger partial charge in [0.05, 0.1) is 0 Å². The van der Waals surface area contributed by atoms with E-state index in [4.69, 9.17) is 0 Å². The zero-order chi connectivity index (χ0) is 7.35. The Morgan fingerprint density at radius 1 is 1.40 bits per heavy atom. The van der Waals surface area contributed by atoms with Crippen molar-refractivity contribution in [3.05, 3.63) is 0 Å². The summed E-state index contributed by atoms with van der Waals surface area (Å²) in [5.74, 6) is 3.11. The SMILES string of the molecule is CC(C)[C@@]12CC[C@@H](C)[C@@H]1C2. The highest BCUT2D eigenvalue weighted by Crippen LogP contribution is 2.69. The van der Waals surface area contributed by atoms with E-state index in [9.17, 15) is 0 Å². The molecule has 2 rings (SSSR count). The molecule has 0 nitrogen and oxygen atoms in total. The molecular weight excluding hydrogens is 120 g/mol. The minimum atomic E-state index is 0.833. The highest BCUT2D eigenvalue weighted by molar-refractivity contribution is 5.10. The molecule has 0 aromatic carbocycles. The average molecular weight is 138 g/mol. The van der Waals surface area contributed by atoms with Gasteiger partial charge in [-0.05, 0) is 42.4 Å². The molecule has 2 aliphatic carbocycles. The fraction of sp³-hybridized carbons (Fsp3) is 1.00. The van der Waals surface area contributed by atoms with Crippen LogP contribution in [0.1, 0.15) is 40.0 Å². The van der Waals surface area contributed by atoms with E-state index < -0.39 is 0 Å².